The van der Waals surface area contributed by atoms with Crippen LogP contribution in [0.5, 0.6) is 0 Å². The van der Waals surface area contributed by atoms with Gasteiger partial charge in [-0.15, -0.1) is 0 Å². The molecule has 3 heteroatoms. The van der Waals surface area contributed by atoms with Gasteiger partial charge in [-0.05, 0) is 37.8 Å². The maximum absolute atomic E-state index is 12.9. The highest BCUT2D eigenvalue weighted by molar-refractivity contribution is 5.09. The fourth-order valence-electron chi connectivity index (χ4n) is 2.19. The van der Waals surface area contributed by atoms with E-state index in [-0.39, 0.29) is 11.9 Å². The molecule has 18 heavy (non-hydrogen) atoms. The summed E-state index contributed by atoms with van der Waals surface area (Å²) in [5.74, 6) is 0.451. The molecule has 0 radical (unpaired) electrons. The van der Waals surface area contributed by atoms with Crippen LogP contribution in [0.15, 0.2) is 18.3 Å². The summed E-state index contributed by atoms with van der Waals surface area (Å²) in [6, 6.07) is 3.92. The van der Waals surface area contributed by atoms with E-state index in [1.165, 1.54) is 18.7 Å². The summed E-state index contributed by atoms with van der Waals surface area (Å²) in [6.45, 7) is 8.82. The molecule has 0 fully saturated rings. The van der Waals surface area contributed by atoms with E-state index < -0.39 is 0 Å². The van der Waals surface area contributed by atoms with E-state index in [0.717, 1.165) is 24.5 Å². The Morgan fingerprint density at radius 2 is 1.94 bits per heavy atom. The van der Waals surface area contributed by atoms with Crippen LogP contribution in [-0.4, -0.2) is 11.0 Å². The van der Waals surface area contributed by atoms with Gasteiger partial charge in [-0.3, -0.25) is 4.98 Å². The molecule has 3 unspecified atom stereocenters. The Balaban J connectivity index is 2.58. The average Bonchev–Trinajstić information content (AvgIpc) is 2.37. The van der Waals surface area contributed by atoms with E-state index in [2.05, 4.69) is 38.0 Å². The number of hydrogen-bond donors (Lipinski definition) is 1. The highest BCUT2D eigenvalue weighted by atomic mass is 19.1. The van der Waals surface area contributed by atoms with E-state index >= 15 is 0 Å². The molecule has 1 N–H and O–H groups in total. The van der Waals surface area contributed by atoms with Crippen LogP contribution in [0.25, 0.3) is 0 Å². The largest absolute Gasteiger partial charge is 0.306 e. The summed E-state index contributed by atoms with van der Waals surface area (Å²) in [7, 11) is 0. The lowest BCUT2D eigenvalue weighted by Gasteiger charge is -2.23. The SMILES string of the molecule is CCC(C)CC(C)NC(CC)c1ccc(F)cn1. The van der Waals surface area contributed by atoms with Gasteiger partial charge < -0.3 is 5.32 Å². The monoisotopic (exact) mass is 252 g/mol. The lowest BCUT2D eigenvalue weighted by molar-refractivity contribution is 0.367. The molecule has 1 aromatic rings. The minimum Gasteiger partial charge on any atom is -0.306 e. The van der Waals surface area contributed by atoms with Crippen molar-refractivity contribution in [3.05, 3.63) is 29.8 Å². The molecule has 0 bridgehead atoms. The topological polar surface area (TPSA) is 24.9 Å². The van der Waals surface area contributed by atoms with Gasteiger partial charge in [-0.25, -0.2) is 4.39 Å². The Labute approximate surface area is 110 Å². The molecule has 0 saturated heterocycles. The molecule has 2 nitrogen and oxygen atoms in total. The van der Waals surface area contributed by atoms with Crippen molar-refractivity contribution >= 4 is 0 Å². The van der Waals surface area contributed by atoms with E-state index in [0.29, 0.717) is 6.04 Å². The van der Waals surface area contributed by atoms with Crippen LogP contribution in [0.4, 0.5) is 4.39 Å². The molecule has 0 aliphatic heterocycles. The van der Waals surface area contributed by atoms with Crippen molar-refractivity contribution in [3.8, 4) is 0 Å². The molecule has 0 amide bonds. The van der Waals surface area contributed by atoms with Gasteiger partial charge in [0.2, 0.25) is 0 Å². The number of hydrogen-bond acceptors (Lipinski definition) is 2. The van der Waals surface area contributed by atoms with Crippen LogP contribution in [0.1, 0.15) is 58.7 Å². The number of nitrogens with zero attached hydrogens (tertiary/aromatic N) is 1. The molecule has 0 aromatic carbocycles. The lowest BCUT2D eigenvalue weighted by Crippen LogP contribution is -2.32. The number of rotatable bonds is 7. The van der Waals surface area contributed by atoms with Crippen LogP contribution < -0.4 is 5.32 Å². The molecular weight excluding hydrogens is 227 g/mol. The van der Waals surface area contributed by atoms with Gasteiger partial charge >= 0.3 is 0 Å². The van der Waals surface area contributed by atoms with Crippen LogP contribution >= 0.6 is 0 Å². The second kappa shape index (κ2) is 7.47. The molecule has 102 valence electrons. The zero-order valence-corrected chi connectivity index (χ0v) is 11.9. The first-order valence-electron chi connectivity index (χ1n) is 6.94. The van der Waals surface area contributed by atoms with Crippen LogP contribution in [0, 0.1) is 11.7 Å². The zero-order valence-electron chi connectivity index (χ0n) is 11.9. The van der Waals surface area contributed by atoms with Gasteiger partial charge in [0.1, 0.15) is 5.82 Å². The Morgan fingerprint density at radius 1 is 1.22 bits per heavy atom. The third kappa shape index (κ3) is 4.73. The van der Waals surface area contributed by atoms with Gasteiger partial charge in [-0.1, -0.05) is 27.2 Å². The zero-order chi connectivity index (χ0) is 13.5. The van der Waals surface area contributed by atoms with Gasteiger partial charge in [0.05, 0.1) is 11.9 Å². The molecule has 1 heterocycles. The second-order valence-corrected chi connectivity index (χ2v) is 5.18. The minimum absolute atomic E-state index is 0.213. The highest BCUT2D eigenvalue weighted by Gasteiger charge is 2.15. The lowest BCUT2D eigenvalue weighted by atomic mass is 9.99. The first-order valence-corrected chi connectivity index (χ1v) is 6.94. The summed E-state index contributed by atoms with van der Waals surface area (Å²) >= 11 is 0. The molecule has 0 aliphatic carbocycles. The summed E-state index contributed by atoms with van der Waals surface area (Å²) in [6.07, 6.45) is 4.62. The van der Waals surface area contributed by atoms with Crippen molar-refractivity contribution in [3.63, 3.8) is 0 Å². The summed E-state index contributed by atoms with van der Waals surface area (Å²) in [4.78, 5) is 4.16. The maximum atomic E-state index is 12.9. The molecule has 1 rings (SSSR count). The van der Waals surface area contributed by atoms with E-state index in [4.69, 9.17) is 0 Å². The standard InChI is InChI=1S/C15H25FN2/c1-5-11(3)9-12(4)18-14(6-2)15-8-7-13(16)10-17-15/h7-8,10-12,14,18H,5-6,9H2,1-4H3. The average molecular weight is 252 g/mol. The fourth-order valence-corrected chi connectivity index (χ4v) is 2.19. The molecule has 0 aliphatic rings. The van der Waals surface area contributed by atoms with Gasteiger partial charge in [0.25, 0.3) is 0 Å². The number of aromatic nitrogens is 1. The Morgan fingerprint density at radius 3 is 2.44 bits per heavy atom. The van der Waals surface area contributed by atoms with Crippen molar-refractivity contribution in [2.24, 2.45) is 5.92 Å². The highest BCUT2D eigenvalue weighted by Crippen LogP contribution is 2.17. The first kappa shape index (κ1) is 15.1. The van der Waals surface area contributed by atoms with Crippen molar-refractivity contribution < 1.29 is 4.39 Å². The van der Waals surface area contributed by atoms with Crippen molar-refractivity contribution in [2.75, 3.05) is 0 Å². The summed E-state index contributed by atoms with van der Waals surface area (Å²) < 4.78 is 12.9. The third-order valence-corrected chi connectivity index (χ3v) is 3.45. The van der Waals surface area contributed by atoms with Crippen LogP contribution in [0.2, 0.25) is 0 Å². The summed E-state index contributed by atoms with van der Waals surface area (Å²) in [5, 5.41) is 3.58. The fraction of sp³-hybridized carbons (Fsp3) is 0.667. The molecule has 1 aromatic heterocycles. The van der Waals surface area contributed by atoms with E-state index in [1.807, 2.05) is 0 Å². The molecule has 0 saturated carbocycles. The number of pyridine rings is 1. The van der Waals surface area contributed by atoms with Gasteiger partial charge in [0.15, 0.2) is 0 Å². The predicted octanol–water partition coefficient (Wildman–Crippen LogP) is 4.09. The number of nitrogens with one attached hydrogen (secondary N) is 1. The Bertz CT molecular complexity index is 337. The molecule has 0 spiro atoms. The first-order chi connectivity index (χ1) is 8.56. The third-order valence-electron chi connectivity index (χ3n) is 3.45. The molecule has 3 atom stereocenters. The van der Waals surface area contributed by atoms with E-state index in [1.54, 1.807) is 6.07 Å². The quantitative estimate of drug-likeness (QED) is 0.790. The molecular formula is C15H25FN2. The van der Waals surface area contributed by atoms with Crippen LogP contribution in [-0.2, 0) is 0 Å². The Hall–Kier alpha value is -0.960. The summed E-state index contributed by atoms with van der Waals surface area (Å²) in [5.41, 5.74) is 0.926. The van der Waals surface area contributed by atoms with Crippen molar-refractivity contribution in [1.29, 1.82) is 0 Å². The second-order valence-electron chi connectivity index (χ2n) is 5.18. The smallest absolute Gasteiger partial charge is 0.141 e. The van der Waals surface area contributed by atoms with Gasteiger partial charge in [-0.2, -0.15) is 0 Å². The normalized spacial score (nSPS) is 16.3. The Kier molecular flexibility index (Phi) is 6.27. The van der Waals surface area contributed by atoms with Crippen LogP contribution in [0.3, 0.4) is 0 Å². The van der Waals surface area contributed by atoms with Crippen molar-refractivity contribution in [2.45, 2.75) is 59.0 Å². The van der Waals surface area contributed by atoms with Crippen molar-refractivity contribution in [1.82, 2.24) is 10.3 Å². The predicted molar refractivity (Wildman–Crippen MR) is 73.9 cm³/mol. The number of halogens is 1. The minimum atomic E-state index is -0.277. The maximum Gasteiger partial charge on any atom is 0.141 e. The van der Waals surface area contributed by atoms with Gasteiger partial charge in [0, 0.05) is 12.1 Å². The van der Waals surface area contributed by atoms with E-state index in [9.17, 15) is 4.39 Å².